The molecule has 0 unspecified atom stereocenters. The Morgan fingerprint density at radius 3 is 2.07 bits per heavy atom. The van der Waals surface area contributed by atoms with E-state index >= 15 is 0 Å². The van der Waals surface area contributed by atoms with Crippen LogP contribution in [0, 0.1) is 0 Å². The highest BCUT2D eigenvalue weighted by atomic mass is 32.2. The molecule has 7 heteroatoms. The van der Waals surface area contributed by atoms with E-state index < -0.39 is 17.2 Å². The maximum atomic E-state index is 11.3. The first-order valence-electron chi connectivity index (χ1n) is 4.17. The first-order chi connectivity index (χ1) is 6.87. The van der Waals surface area contributed by atoms with E-state index in [2.05, 4.69) is 0 Å². The van der Waals surface area contributed by atoms with E-state index in [4.69, 9.17) is 9.47 Å². The summed E-state index contributed by atoms with van der Waals surface area (Å²) in [5.41, 5.74) is 0. The van der Waals surface area contributed by atoms with Crippen molar-refractivity contribution in [3.63, 3.8) is 0 Å². The molecule has 1 aliphatic rings. The highest BCUT2D eigenvalue weighted by molar-refractivity contribution is 8.01. The van der Waals surface area contributed by atoms with E-state index in [0.717, 1.165) is 16.7 Å². The lowest BCUT2D eigenvalue weighted by atomic mass is 10.6. The van der Waals surface area contributed by atoms with Gasteiger partial charge < -0.3 is 9.47 Å². The zero-order valence-electron chi connectivity index (χ0n) is 8.60. The molecule has 0 N–H and O–H groups in total. The van der Waals surface area contributed by atoms with Gasteiger partial charge in [0.1, 0.15) is 0 Å². The Kier molecular flexibility index (Phi) is 3.23. The second-order valence-corrected chi connectivity index (χ2v) is 4.05. The summed E-state index contributed by atoms with van der Waals surface area (Å²) in [5.74, 6) is -1.39. The number of carbonyl (C=O) groups excluding carboxylic acids is 3. The minimum absolute atomic E-state index is 0.108. The van der Waals surface area contributed by atoms with Crippen LogP contribution in [0.4, 0.5) is 0 Å². The molecule has 1 fully saturated rings. The molecule has 0 bridgehead atoms. The van der Waals surface area contributed by atoms with Crippen LogP contribution in [0.5, 0.6) is 0 Å². The molecule has 0 radical (unpaired) electrons. The predicted octanol–water partition coefficient (Wildman–Crippen LogP) is -0.0709. The fourth-order valence-electron chi connectivity index (χ4n) is 1.08. The van der Waals surface area contributed by atoms with Crippen molar-refractivity contribution in [2.45, 2.75) is 19.1 Å². The molecule has 1 rings (SSSR count). The quantitative estimate of drug-likeness (QED) is 0.491. The van der Waals surface area contributed by atoms with Gasteiger partial charge in [0.2, 0.25) is 5.91 Å². The lowest BCUT2D eigenvalue weighted by Gasteiger charge is -2.31. The molecular formula is C8H11NO5S. The van der Waals surface area contributed by atoms with E-state index in [1.165, 1.54) is 20.9 Å². The molecule has 0 saturated carbocycles. The molecular weight excluding hydrogens is 222 g/mol. The van der Waals surface area contributed by atoms with Crippen LogP contribution < -0.4 is 0 Å². The normalized spacial score (nSPS) is 18.9. The van der Waals surface area contributed by atoms with Gasteiger partial charge in [-0.1, -0.05) is 0 Å². The van der Waals surface area contributed by atoms with E-state index in [-0.39, 0.29) is 11.7 Å². The van der Waals surface area contributed by atoms with Crippen molar-refractivity contribution in [2.75, 3.05) is 12.8 Å². The van der Waals surface area contributed by atoms with Crippen LogP contribution in [0.15, 0.2) is 0 Å². The zero-order valence-corrected chi connectivity index (χ0v) is 9.42. The molecule has 84 valence electrons. The van der Waals surface area contributed by atoms with Crippen molar-refractivity contribution in [2.24, 2.45) is 0 Å². The Bertz CT molecular complexity index is 300. The van der Waals surface area contributed by atoms with Crippen LogP contribution in [0.1, 0.15) is 13.8 Å². The smallest absolute Gasteiger partial charge is 0.395 e. The van der Waals surface area contributed by atoms with Crippen molar-refractivity contribution < 1.29 is 23.9 Å². The zero-order chi connectivity index (χ0) is 11.6. The molecule has 1 saturated heterocycles. The van der Waals surface area contributed by atoms with E-state index in [1.54, 1.807) is 0 Å². The van der Waals surface area contributed by atoms with Gasteiger partial charge in [-0.15, -0.1) is 0 Å². The summed E-state index contributed by atoms with van der Waals surface area (Å²) in [6, 6.07) is 0. The van der Waals surface area contributed by atoms with Crippen molar-refractivity contribution in [1.29, 1.82) is 0 Å². The van der Waals surface area contributed by atoms with Crippen LogP contribution in [0.25, 0.3) is 0 Å². The van der Waals surface area contributed by atoms with Gasteiger partial charge in [0.05, 0.1) is 5.75 Å². The number of carbonyl (C=O) groups is 3. The van der Waals surface area contributed by atoms with Gasteiger partial charge in [-0.05, 0) is 11.8 Å². The van der Waals surface area contributed by atoms with Gasteiger partial charge in [-0.2, -0.15) is 0 Å². The predicted molar refractivity (Wildman–Crippen MR) is 51.5 cm³/mol. The molecule has 0 spiro atoms. The van der Waals surface area contributed by atoms with Crippen LogP contribution >= 0.6 is 11.8 Å². The maximum absolute atomic E-state index is 11.3. The first kappa shape index (κ1) is 11.8. The third kappa shape index (κ3) is 2.41. The van der Waals surface area contributed by atoms with Gasteiger partial charge >= 0.3 is 17.2 Å². The summed E-state index contributed by atoms with van der Waals surface area (Å²) in [6.07, 6.45) is 0. The summed E-state index contributed by atoms with van der Waals surface area (Å²) in [7, 11) is 1.41. The van der Waals surface area contributed by atoms with Crippen molar-refractivity contribution >= 4 is 29.6 Å². The maximum Gasteiger partial charge on any atom is 0.399 e. The van der Waals surface area contributed by atoms with Gasteiger partial charge in [-0.3, -0.25) is 19.3 Å². The summed E-state index contributed by atoms with van der Waals surface area (Å²) >= 11 is 0.953. The highest BCUT2D eigenvalue weighted by Gasteiger charge is 2.51. The molecule has 0 aromatic rings. The third-order valence-electron chi connectivity index (χ3n) is 1.71. The molecule has 0 aliphatic carbocycles. The highest BCUT2D eigenvalue weighted by Crippen LogP contribution is 2.37. The average Bonchev–Trinajstić information content (AvgIpc) is 2.32. The Balaban J connectivity index is 2.91. The Labute approximate surface area is 90.9 Å². The van der Waals surface area contributed by atoms with Gasteiger partial charge in [0.15, 0.2) is 0 Å². The lowest BCUT2D eigenvalue weighted by Crippen LogP contribution is -2.48. The standard InChI is InChI=1S/C8H11NO5S/c1-5(10)13-8(14-6(2)11)9(3)7(12)4-15-8/h4H2,1-3H3. The van der Waals surface area contributed by atoms with Gasteiger partial charge in [-0.25, -0.2) is 0 Å². The number of hydrogen-bond donors (Lipinski definition) is 0. The molecule has 15 heavy (non-hydrogen) atoms. The number of nitrogens with zero attached hydrogens (tertiary/aromatic N) is 1. The van der Waals surface area contributed by atoms with Gasteiger partial charge in [0, 0.05) is 20.9 Å². The average molecular weight is 233 g/mol. The number of amides is 1. The molecule has 1 aliphatic heterocycles. The number of ether oxygens (including phenoxy) is 2. The molecule has 1 amide bonds. The fraction of sp³-hybridized carbons (Fsp3) is 0.625. The van der Waals surface area contributed by atoms with Crippen molar-refractivity contribution in [3.8, 4) is 0 Å². The SMILES string of the molecule is CC(=O)OC1(OC(C)=O)SCC(=O)N1C. The minimum Gasteiger partial charge on any atom is -0.395 e. The Morgan fingerprint density at radius 2 is 1.80 bits per heavy atom. The van der Waals surface area contributed by atoms with Crippen LogP contribution in [0.2, 0.25) is 0 Å². The lowest BCUT2D eigenvalue weighted by molar-refractivity contribution is -0.227. The second-order valence-electron chi connectivity index (χ2n) is 2.95. The molecule has 1 heterocycles. The number of esters is 2. The van der Waals surface area contributed by atoms with Crippen LogP contribution in [0.3, 0.4) is 0 Å². The number of thioether (sulfide) groups is 1. The van der Waals surface area contributed by atoms with Crippen molar-refractivity contribution in [1.82, 2.24) is 4.90 Å². The van der Waals surface area contributed by atoms with E-state index in [0.29, 0.717) is 0 Å². The monoisotopic (exact) mass is 233 g/mol. The molecule has 0 atom stereocenters. The van der Waals surface area contributed by atoms with Crippen LogP contribution in [-0.4, -0.2) is 40.8 Å². The molecule has 6 nitrogen and oxygen atoms in total. The second kappa shape index (κ2) is 4.09. The number of rotatable bonds is 2. The van der Waals surface area contributed by atoms with E-state index in [1.807, 2.05) is 0 Å². The summed E-state index contributed by atoms with van der Waals surface area (Å²) in [4.78, 5) is 34.1. The largest absolute Gasteiger partial charge is 0.399 e. The summed E-state index contributed by atoms with van der Waals surface area (Å²) < 4.78 is 9.76. The number of hydrogen-bond acceptors (Lipinski definition) is 6. The first-order valence-corrected chi connectivity index (χ1v) is 5.16. The van der Waals surface area contributed by atoms with Crippen LogP contribution in [-0.2, 0) is 23.9 Å². The fourth-order valence-corrected chi connectivity index (χ4v) is 2.23. The summed E-state index contributed by atoms with van der Waals surface area (Å²) in [5, 5.41) is -1.63. The minimum atomic E-state index is -1.63. The topological polar surface area (TPSA) is 72.9 Å². The third-order valence-corrected chi connectivity index (χ3v) is 2.90. The Hall–Kier alpha value is -1.24. The van der Waals surface area contributed by atoms with E-state index in [9.17, 15) is 14.4 Å². The summed E-state index contributed by atoms with van der Waals surface area (Å²) in [6.45, 7) is 2.37. The molecule has 0 aromatic carbocycles. The van der Waals surface area contributed by atoms with Crippen molar-refractivity contribution in [3.05, 3.63) is 0 Å². The Morgan fingerprint density at radius 1 is 1.33 bits per heavy atom. The molecule has 0 aromatic heterocycles. The van der Waals surface area contributed by atoms with Gasteiger partial charge in [0.25, 0.3) is 0 Å².